The van der Waals surface area contributed by atoms with Gasteiger partial charge in [-0.15, -0.1) is 11.8 Å². The largest absolute Gasteiger partial charge is 0.325 e. The fraction of sp³-hybridized carbons (Fsp3) is 0.0952. The Morgan fingerprint density at radius 2 is 1.67 bits per heavy atom. The Kier molecular flexibility index (Phi) is 8.20. The van der Waals surface area contributed by atoms with E-state index in [2.05, 4.69) is 10.0 Å². The van der Waals surface area contributed by atoms with Crippen LogP contribution in [-0.2, 0) is 20.6 Å². The molecule has 0 aliphatic carbocycles. The van der Waals surface area contributed by atoms with Gasteiger partial charge in [-0.25, -0.2) is 8.42 Å². The van der Waals surface area contributed by atoms with Crippen molar-refractivity contribution < 1.29 is 18.1 Å². The molecule has 8 nitrogen and oxygen atoms in total. The Balaban J connectivity index is 1.53. The summed E-state index contributed by atoms with van der Waals surface area (Å²) in [6, 6.07) is 16.4. The van der Waals surface area contributed by atoms with Crippen molar-refractivity contribution in [2.45, 2.75) is 10.6 Å². The van der Waals surface area contributed by atoms with E-state index in [-0.39, 0.29) is 38.0 Å². The van der Waals surface area contributed by atoms with Crippen LogP contribution in [0.25, 0.3) is 0 Å². The number of carbonyl (C=O) groups excluding carboxylic acids is 1. The van der Waals surface area contributed by atoms with E-state index in [1.807, 2.05) is 0 Å². The molecule has 2 N–H and O–H groups in total. The molecular formula is C21H17Cl2N3O5S2. The predicted molar refractivity (Wildman–Crippen MR) is 132 cm³/mol. The van der Waals surface area contributed by atoms with Gasteiger partial charge in [0.15, 0.2) is 0 Å². The zero-order valence-corrected chi connectivity index (χ0v) is 20.0. The maximum Gasteiger partial charge on any atom is 0.269 e. The number of rotatable bonds is 9. The summed E-state index contributed by atoms with van der Waals surface area (Å²) in [5, 5.41) is 13.7. The number of amides is 1. The first kappa shape index (κ1) is 24.8. The van der Waals surface area contributed by atoms with E-state index in [9.17, 15) is 23.3 Å². The minimum absolute atomic E-state index is 0.0101. The fourth-order valence-corrected chi connectivity index (χ4v) is 4.94. The van der Waals surface area contributed by atoms with Crippen molar-refractivity contribution in [1.82, 2.24) is 0 Å². The van der Waals surface area contributed by atoms with Crippen LogP contribution in [0.1, 0.15) is 5.56 Å². The Bertz CT molecular complexity index is 1270. The van der Waals surface area contributed by atoms with Crippen molar-refractivity contribution in [2.75, 3.05) is 15.8 Å². The van der Waals surface area contributed by atoms with Gasteiger partial charge in [-0.05, 0) is 42.0 Å². The van der Waals surface area contributed by atoms with E-state index in [1.165, 1.54) is 54.2 Å². The van der Waals surface area contributed by atoms with E-state index < -0.39 is 14.9 Å². The molecule has 0 bridgehead atoms. The molecule has 12 heteroatoms. The number of hydrogen-bond donors (Lipinski definition) is 2. The number of thioether (sulfide) groups is 1. The lowest BCUT2D eigenvalue weighted by atomic mass is 10.2. The normalized spacial score (nSPS) is 11.1. The predicted octanol–water partition coefficient (Wildman–Crippen LogP) is 5.57. The van der Waals surface area contributed by atoms with Gasteiger partial charge in [-0.3, -0.25) is 19.6 Å². The Labute approximate surface area is 204 Å². The maximum atomic E-state index is 12.6. The Morgan fingerprint density at radius 3 is 2.30 bits per heavy atom. The number of nitro benzene ring substituents is 1. The molecule has 0 atom stereocenters. The molecule has 1 amide bonds. The van der Waals surface area contributed by atoms with Crippen molar-refractivity contribution in [1.29, 1.82) is 0 Å². The van der Waals surface area contributed by atoms with Gasteiger partial charge < -0.3 is 5.32 Å². The molecule has 0 radical (unpaired) electrons. The van der Waals surface area contributed by atoms with Crippen LogP contribution in [0.4, 0.5) is 17.1 Å². The monoisotopic (exact) mass is 525 g/mol. The maximum absolute atomic E-state index is 12.6. The number of carbonyl (C=O) groups is 1. The average molecular weight is 526 g/mol. The smallest absolute Gasteiger partial charge is 0.269 e. The molecule has 0 fully saturated rings. The van der Waals surface area contributed by atoms with Gasteiger partial charge in [0.05, 0.1) is 31.3 Å². The minimum Gasteiger partial charge on any atom is -0.325 e. The third-order valence-corrected chi connectivity index (χ3v) is 7.50. The molecule has 33 heavy (non-hydrogen) atoms. The SMILES string of the molecule is O=C(CSCc1ccc([N+](=O)[O-])cc1)Nc1ccc(S(=O)(=O)Nc2cccc(Cl)c2Cl)cc1. The minimum atomic E-state index is -3.90. The standard InChI is InChI=1S/C21H17Cl2N3O5S2/c22-18-2-1-3-19(21(18)23)25-33(30,31)17-10-6-15(7-11-17)24-20(27)13-32-12-14-4-8-16(9-5-14)26(28)29/h1-11,25H,12-13H2,(H,24,27). The van der Waals surface area contributed by atoms with Crippen LogP contribution in [0.3, 0.4) is 0 Å². The first-order chi connectivity index (χ1) is 15.7. The molecule has 0 heterocycles. The second kappa shape index (κ2) is 10.9. The molecular weight excluding hydrogens is 509 g/mol. The molecule has 0 saturated heterocycles. The van der Waals surface area contributed by atoms with E-state index >= 15 is 0 Å². The molecule has 0 aromatic heterocycles. The van der Waals surface area contributed by atoms with Crippen LogP contribution in [-0.4, -0.2) is 25.0 Å². The van der Waals surface area contributed by atoms with Gasteiger partial charge >= 0.3 is 0 Å². The molecule has 0 saturated carbocycles. The highest BCUT2D eigenvalue weighted by Crippen LogP contribution is 2.31. The zero-order valence-electron chi connectivity index (χ0n) is 16.8. The van der Waals surface area contributed by atoms with Crippen LogP contribution >= 0.6 is 35.0 Å². The molecule has 0 aliphatic rings. The number of benzene rings is 3. The summed E-state index contributed by atoms with van der Waals surface area (Å²) in [4.78, 5) is 22.4. The Morgan fingerprint density at radius 1 is 1.00 bits per heavy atom. The van der Waals surface area contributed by atoms with Crippen molar-refractivity contribution in [2.24, 2.45) is 0 Å². The van der Waals surface area contributed by atoms with Crippen LogP contribution in [0.2, 0.25) is 10.0 Å². The number of hydrogen-bond acceptors (Lipinski definition) is 6. The van der Waals surface area contributed by atoms with Crippen LogP contribution < -0.4 is 10.0 Å². The lowest BCUT2D eigenvalue weighted by Gasteiger charge is -2.11. The van der Waals surface area contributed by atoms with Gasteiger partial charge in [0.1, 0.15) is 0 Å². The summed E-state index contributed by atoms with van der Waals surface area (Å²) in [6.45, 7) is 0. The van der Waals surface area contributed by atoms with E-state index in [0.717, 1.165) is 5.56 Å². The molecule has 0 spiro atoms. The highest BCUT2D eigenvalue weighted by Gasteiger charge is 2.17. The summed E-state index contributed by atoms with van der Waals surface area (Å²) in [6.07, 6.45) is 0. The first-order valence-corrected chi connectivity index (χ1v) is 12.7. The summed E-state index contributed by atoms with van der Waals surface area (Å²) in [5.74, 6) is 0.410. The Hall–Kier alpha value is -2.79. The quantitative estimate of drug-likeness (QED) is 0.278. The highest BCUT2D eigenvalue weighted by atomic mass is 35.5. The molecule has 172 valence electrons. The molecule has 3 rings (SSSR count). The van der Waals surface area contributed by atoms with Crippen LogP contribution in [0, 0.1) is 10.1 Å². The third kappa shape index (κ3) is 6.84. The number of nitro groups is 1. The number of anilines is 2. The molecule has 0 aliphatic heterocycles. The number of non-ortho nitro benzene ring substituents is 1. The lowest BCUT2D eigenvalue weighted by molar-refractivity contribution is -0.384. The van der Waals surface area contributed by atoms with Gasteiger partial charge in [-0.1, -0.05) is 41.4 Å². The zero-order chi connectivity index (χ0) is 24.0. The number of nitrogens with one attached hydrogen (secondary N) is 2. The number of nitrogens with zero attached hydrogens (tertiary/aromatic N) is 1. The van der Waals surface area contributed by atoms with Crippen molar-refractivity contribution in [3.8, 4) is 0 Å². The van der Waals surface area contributed by atoms with Crippen molar-refractivity contribution in [3.63, 3.8) is 0 Å². The topological polar surface area (TPSA) is 118 Å². The van der Waals surface area contributed by atoms with Crippen LogP contribution in [0.5, 0.6) is 0 Å². The lowest BCUT2D eigenvalue weighted by Crippen LogP contribution is -2.15. The van der Waals surface area contributed by atoms with Gasteiger partial charge in [0, 0.05) is 23.6 Å². The first-order valence-electron chi connectivity index (χ1n) is 9.33. The van der Waals surface area contributed by atoms with E-state index in [1.54, 1.807) is 24.3 Å². The van der Waals surface area contributed by atoms with Crippen molar-refractivity contribution in [3.05, 3.63) is 92.5 Å². The van der Waals surface area contributed by atoms with Gasteiger partial charge in [0.25, 0.3) is 15.7 Å². The molecule has 3 aromatic carbocycles. The van der Waals surface area contributed by atoms with E-state index in [4.69, 9.17) is 23.2 Å². The second-order valence-corrected chi connectivity index (χ2v) is 10.1. The summed E-state index contributed by atoms with van der Waals surface area (Å²) < 4.78 is 27.6. The summed E-state index contributed by atoms with van der Waals surface area (Å²) in [5.41, 5.74) is 1.47. The molecule has 3 aromatic rings. The number of halogens is 2. The van der Waals surface area contributed by atoms with Crippen LogP contribution in [0.15, 0.2) is 71.6 Å². The third-order valence-electron chi connectivity index (χ3n) is 4.29. The fourth-order valence-electron chi connectivity index (χ4n) is 2.68. The van der Waals surface area contributed by atoms with Gasteiger partial charge in [0.2, 0.25) is 5.91 Å². The van der Waals surface area contributed by atoms with Crippen molar-refractivity contribution >= 4 is 68.0 Å². The van der Waals surface area contributed by atoms with Gasteiger partial charge in [-0.2, -0.15) is 0 Å². The second-order valence-electron chi connectivity index (χ2n) is 6.70. The average Bonchev–Trinajstić information content (AvgIpc) is 2.77. The van der Waals surface area contributed by atoms with E-state index in [0.29, 0.717) is 11.4 Å². The highest BCUT2D eigenvalue weighted by molar-refractivity contribution is 7.99. The summed E-state index contributed by atoms with van der Waals surface area (Å²) in [7, 11) is -3.90. The number of sulfonamides is 1. The summed E-state index contributed by atoms with van der Waals surface area (Å²) >= 11 is 13.3. The molecule has 0 unspecified atom stereocenters.